The molecule has 0 bridgehead atoms. The minimum atomic E-state index is -0.642. The second-order valence-electron chi connectivity index (χ2n) is 6.90. The Morgan fingerprint density at radius 2 is 2.00 bits per heavy atom. The van der Waals surface area contributed by atoms with Gasteiger partial charge in [0.1, 0.15) is 0 Å². The molecule has 102 valence electrons. The second kappa shape index (κ2) is 5.68. The molecule has 2 N–H and O–H groups in total. The van der Waals surface area contributed by atoms with Crippen LogP contribution >= 0.6 is 0 Å². The van der Waals surface area contributed by atoms with E-state index in [4.69, 9.17) is 0 Å². The Bertz CT molecular complexity index is 236. The maximum atomic E-state index is 10.3. The van der Waals surface area contributed by atoms with E-state index < -0.39 is 5.60 Å². The minimum Gasteiger partial charge on any atom is -0.388 e. The standard InChI is InChI=1S/C14H30N2O/c1-13(2)9-7-6-8-12(13)15-10-14(3,17)11-16(4)5/h12,15,17H,6-11H2,1-5H3. The molecule has 2 atom stereocenters. The summed E-state index contributed by atoms with van der Waals surface area (Å²) in [5.41, 5.74) is -0.274. The van der Waals surface area contributed by atoms with E-state index in [9.17, 15) is 5.11 Å². The number of nitrogens with one attached hydrogen (secondary N) is 1. The Kier molecular flexibility index (Phi) is 4.99. The number of likely N-dealkylation sites (N-methyl/N-ethyl adjacent to an activating group) is 1. The van der Waals surface area contributed by atoms with Gasteiger partial charge in [-0.3, -0.25) is 0 Å². The number of nitrogens with zero attached hydrogens (tertiary/aromatic N) is 1. The van der Waals surface area contributed by atoms with Crippen LogP contribution in [0.3, 0.4) is 0 Å². The van der Waals surface area contributed by atoms with Crippen molar-refractivity contribution in [3.8, 4) is 0 Å². The molecule has 3 heteroatoms. The van der Waals surface area contributed by atoms with Crippen LogP contribution in [0.2, 0.25) is 0 Å². The molecule has 1 fully saturated rings. The number of hydrogen-bond acceptors (Lipinski definition) is 3. The van der Waals surface area contributed by atoms with Crippen molar-refractivity contribution in [3.05, 3.63) is 0 Å². The van der Waals surface area contributed by atoms with Crippen molar-refractivity contribution >= 4 is 0 Å². The van der Waals surface area contributed by atoms with Crippen molar-refractivity contribution in [2.75, 3.05) is 27.2 Å². The molecule has 1 aliphatic carbocycles. The summed E-state index contributed by atoms with van der Waals surface area (Å²) in [7, 11) is 4.00. The zero-order valence-electron chi connectivity index (χ0n) is 12.2. The van der Waals surface area contributed by atoms with Crippen LogP contribution in [0.1, 0.15) is 46.5 Å². The first-order valence-corrected chi connectivity index (χ1v) is 6.83. The van der Waals surface area contributed by atoms with E-state index >= 15 is 0 Å². The van der Waals surface area contributed by atoms with Gasteiger partial charge in [-0.25, -0.2) is 0 Å². The van der Waals surface area contributed by atoms with E-state index in [0.717, 1.165) is 0 Å². The second-order valence-corrected chi connectivity index (χ2v) is 6.90. The average Bonchev–Trinajstić information content (AvgIpc) is 2.13. The molecule has 3 nitrogen and oxygen atoms in total. The topological polar surface area (TPSA) is 35.5 Å². The monoisotopic (exact) mass is 242 g/mol. The van der Waals surface area contributed by atoms with E-state index in [1.54, 1.807) is 0 Å². The smallest absolute Gasteiger partial charge is 0.0869 e. The van der Waals surface area contributed by atoms with Crippen LogP contribution in [0.15, 0.2) is 0 Å². The molecule has 1 saturated carbocycles. The quantitative estimate of drug-likeness (QED) is 0.772. The van der Waals surface area contributed by atoms with Crippen molar-refractivity contribution in [2.24, 2.45) is 5.41 Å². The van der Waals surface area contributed by atoms with Gasteiger partial charge < -0.3 is 15.3 Å². The van der Waals surface area contributed by atoms with E-state index in [1.807, 2.05) is 25.9 Å². The molecular formula is C14H30N2O. The Morgan fingerprint density at radius 1 is 1.35 bits per heavy atom. The van der Waals surface area contributed by atoms with E-state index in [0.29, 0.717) is 24.5 Å². The Morgan fingerprint density at radius 3 is 2.53 bits per heavy atom. The third-order valence-corrected chi connectivity index (χ3v) is 3.89. The van der Waals surface area contributed by atoms with Gasteiger partial charge in [-0.05, 0) is 39.3 Å². The Labute approximate surface area is 107 Å². The van der Waals surface area contributed by atoms with Gasteiger partial charge in [0, 0.05) is 19.1 Å². The normalized spacial score (nSPS) is 28.1. The fourth-order valence-corrected chi connectivity index (χ4v) is 2.95. The van der Waals surface area contributed by atoms with Crippen LogP contribution in [0, 0.1) is 5.41 Å². The fraction of sp³-hybridized carbons (Fsp3) is 1.00. The predicted octanol–water partition coefficient (Wildman–Crippen LogP) is 1.86. The lowest BCUT2D eigenvalue weighted by molar-refractivity contribution is 0.0232. The zero-order chi connectivity index (χ0) is 13.1. The van der Waals surface area contributed by atoms with Crippen LogP contribution < -0.4 is 5.32 Å². The maximum absolute atomic E-state index is 10.3. The van der Waals surface area contributed by atoms with Gasteiger partial charge in [0.15, 0.2) is 0 Å². The van der Waals surface area contributed by atoms with Gasteiger partial charge in [-0.15, -0.1) is 0 Å². The zero-order valence-corrected chi connectivity index (χ0v) is 12.2. The highest BCUT2D eigenvalue weighted by molar-refractivity contribution is 4.90. The highest BCUT2D eigenvalue weighted by Gasteiger charge is 2.33. The van der Waals surface area contributed by atoms with Crippen molar-refractivity contribution in [3.63, 3.8) is 0 Å². The SMILES string of the molecule is CN(C)CC(C)(O)CNC1CCCCC1(C)C. The highest BCUT2D eigenvalue weighted by atomic mass is 16.3. The van der Waals surface area contributed by atoms with Crippen LogP contribution in [0.25, 0.3) is 0 Å². The summed E-state index contributed by atoms with van der Waals surface area (Å²) >= 11 is 0. The van der Waals surface area contributed by atoms with Gasteiger partial charge in [-0.2, -0.15) is 0 Å². The molecule has 1 aliphatic rings. The first-order valence-electron chi connectivity index (χ1n) is 6.83. The molecule has 0 aromatic carbocycles. The van der Waals surface area contributed by atoms with Gasteiger partial charge in [-0.1, -0.05) is 26.7 Å². The molecule has 0 spiro atoms. The minimum absolute atomic E-state index is 0.368. The summed E-state index contributed by atoms with van der Waals surface area (Å²) in [6.45, 7) is 7.97. The van der Waals surface area contributed by atoms with Crippen molar-refractivity contribution < 1.29 is 5.11 Å². The number of hydrogen-bond donors (Lipinski definition) is 2. The fourth-order valence-electron chi connectivity index (χ4n) is 2.95. The maximum Gasteiger partial charge on any atom is 0.0869 e. The first kappa shape index (κ1) is 14.9. The predicted molar refractivity (Wildman–Crippen MR) is 73.2 cm³/mol. The molecular weight excluding hydrogens is 212 g/mol. The summed E-state index contributed by atoms with van der Waals surface area (Å²) in [5.74, 6) is 0. The highest BCUT2D eigenvalue weighted by Crippen LogP contribution is 2.35. The largest absolute Gasteiger partial charge is 0.388 e. The van der Waals surface area contributed by atoms with Gasteiger partial charge in [0.2, 0.25) is 0 Å². The molecule has 2 unspecified atom stereocenters. The number of rotatable bonds is 5. The van der Waals surface area contributed by atoms with Crippen molar-refractivity contribution in [1.82, 2.24) is 10.2 Å². The van der Waals surface area contributed by atoms with Crippen LogP contribution in [-0.4, -0.2) is 48.8 Å². The summed E-state index contributed by atoms with van der Waals surface area (Å²) in [4.78, 5) is 2.04. The van der Waals surface area contributed by atoms with E-state index in [2.05, 4.69) is 19.2 Å². The van der Waals surface area contributed by atoms with Gasteiger partial charge in [0.05, 0.1) is 5.60 Å². The molecule has 0 aliphatic heterocycles. The molecule has 0 aromatic heterocycles. The first-order chi connectivity index (χ1) is 7.73. The molecule has 0 saturated heterocycles. The van der Waals surface area contributed by atoms with Crippen molar-refractivity contribution in [2.45, 2.75) is 58.1 Å². The lowest BCUT2D eigenvalue weighted by atomic mass is 9.73. The third kappa shape index (κ3) is 4.94. The Balaban J connectivity index is 2.43. The third-order valence-electron chi connectivity index (χ3n) is 3.89. The molecule has 17 heavy (non-hydrogen) atoms. The molecule has 0 aromatic rings. The molecule has 0 amide bonds. The summed E-state index contributed by atoms with van der Waals surface area (Å²) in [6.07, 6.45) is 5.20. The van der Waals surface area contributed by atoms with Gasteiger partial charge >= 0.3 is 0 Å². The number of aliphatic hydroxyl groups is 1. The van der Waals surface area contributed by atoms with Crippen LogP contribution in [-0.2, 0) is 0 Å². The summed E-state index contributed by atoms with van der Waals surface area (Å²) in [6, 6.07) is 0.546. The van der Waals surface area contributed by atoms with Gasteiger partial charge in [0.25, 0.3) is 0 Å². The molecule has 1 rings (SSSR count). The van der Waals surface area contributed by atoms with Crippen molar-refractivity contribution in [1.29, 1.82) is 0 Å². The van der Waals surface area contributed by atoms with Crippen LogP contribution in [0.4, 0.5) is 0 Å². The average molecular weight is 242 g/mol. The Hall–Kier alpha value is -0.120. The lowest BCUT2D eigenvalue weighted by Crippen LogP contribution is -2.52. The van der Waals surface area contributed by atoms with Crippen LogP contribution in [0.5, 0.6) is 0 Å². The van der Waals surface area contributed by atoms with E-state index in [-0.39, 0.29) is 0 Å². The summed E-state index contributed by atoms with van der Waals surface area (Å²) in [5, 5.41) is 13.9. The lowest BCUT2D eigenvalue weighted by Gasteiger charge is -2.41. The molecule has 0 heterocycles. The summed E-state index contributed by atoms with van der Waals surface area (Å²) < 4.78 is 0. The molecule has 0 radical (unpaired) electrons. The van der Waals surface area contributed by atoms with E-state index in [1.165, 1.54) is 25.7 Å².